The number of halogens is 1. The van der Waals surface area contributed by atoms with Crippen LogP contribution in [0.3, 0.4) is 0 Å². The van der Waals surface area contributed by atoms with Crippen LogP contribution in [-0.4, -0.2) is 36.2 Å². The number of amides is 1. The Labute approximate surface area is 132 Å². The maximum Gasteiger partial charge on any atom is 0.331 e. The fraction of sp³-hybridized carbons (Fsp3) is 0.333. The summed E-state index contributed by atoms with van der Waals surface area (Å²) >= 11 is 6.04. The monoisotopic (exact) mass is 325 g/mol. The molecule has 1 heterocycles. The number of methoxy groups -OCH3 is 1. The van der Waals surface area contributed by atoms with Crippen molar-refractivity contribution in [2.75, 3.05) is 13.7 Å². The number of carbonyl (C=O) groups excluding carboxylic acids is 1. The van der Waals surface area contributed by atoms with E-state index in [0.29, 0.717) is 21.6 Å². The SMILES string of the molecule is COCC(C)(NC(=O)c1oc2c(Cl)cccc2c1C)C(=O)O. The van der Waals surface area contributed by atoms with Crippen molar-refractivity contribution in [1.29, 1.82) is 0 Å². The standard InChI is InChI=1S/C15H16ClNO5/c1-8-9-5-4-6-10(16)12(9)22-11(8)13(18)17-15(2,7-21-3)14(19)20/h4-6H,7H2,1-3H3,(H,17,18)(H,19,20). The highest BCUT2D eigenvalue weighted by atomic mass is 35.5. The molecule has 0 bridgehead atoms. The summed E-state index contributed by atoms with van der Waals surface area (Å²) in [7, 11) is 1.36. The van der Waals surface area contributed by atoms with Gasteiger partial charge in [-0.15, -0.1) is 0 Å². The lowest BCUT2D eigenvalue weighted by molar-refractivity contribution is -0.145. The Kier molecular flexibility index (Phi) is 4.44. The summed E-state index contributed by atoms with van der Waals surface area (Å²) in [6.07, 6.45) is 0. The molecule has 2 N–H and O–H groups in total. The number of para-hydroxylation sites is 1. The molecule has 6 nitrogen and oxygen atoms in total. The molecule has 1 atom stereocenters. The Morgan fingerprint density at radius 2 is 2.14 bits per heavy atom. The highest BCUT2D eigenvalue weighted by molar-refractivity contribution is 6.35. The number of carboxylic acid groups (broad SMARTS) is 1. The fourth-order valence-electron chi connectivity index (χ4n) is 2.17. The van der Waals surface area contributed by atoms with Gasteiger partial charge < -0.3 is 19.6 Å². The molecule has 1 amide bonds. The van der Waals surface area contributed by atoms with Gasteiger partial charge >= 0.3 is 5.97 Å². The van der Waals surface area contributed by atoms with Crippen LogP contribution >= 0.6 is 11.6 Å². The van der Waals surface area contributed by atoms with Gasteiger partial charge in [0.1, 0.15) is 0 Å². The summed E-state index contributed by atoms with van der Waals surface area (Å²) in [5.74, 6) is -1.80. The van der Waals surface area contributed by atoms with Gasteiger partial charge in [0.15, 0.2) is 16.9 Å². The summed E-state index contributed by atoms with van der Waals surface area (Å²) in [6, 6.07) is 5.18. The third-order valence-electron chi connectivity index (χ3n) is 3.42. The number of carboxylic acids is 1. The van der Waals surface area contributed by atoms with Crippen molar-refractivity contribution in [2.24, 2.45) is 0 Å². The van der Waals surface area contributed by atoms with Gasteiger partial charge in [-0.1, -0.05) is 23.7 Å². The maximum atomic E-state index is 12.4. The van der Waals surface area contributed by atoms with E-state index in [1.54, 1.807) is 25.1 Å². The molecule has 0 aliphatic carbocycles. The van der Waals surface area contributed by atoms with Crippen LogP contribution in [0, 0.1) is 6.92 Å². The van der Waals surface area contributed by atoms with Crippen molar-refractivity contribution in [3.8, 4) is 0 Å². The minimum atomic E-state index is -1.55. The third kappa shape index (κ3) is 2.80. The number of furan rings is 1. The molecule has 0 aliphatic rings. The zero-order valence-electron chi connectivity index (χ0n) is 12.4. The van der Waals surface area contributed by atoms with E-state index in [-0.39, 0.29) is 12.4 Å². The van der Waals surface area contributed by atoms with Gasteiger partial charge in [-0.3, -0.25) is 4.79 Å². The molecule has 0 radical (unpaired) electrons. The molecule has 0 aliphatic heterocycles. The highest BCUT2D eigenvalue weighted by Crippen LogP contribution is 2.30. The van der Waals surface area contributed by atoms with E-state index in [4.69, 9.17) is 20.8 Å². The highest BCUT2D eigenvalue weighted by Gasteiger charge is 2.36. The Hall–Kier alpha value is -2.05. The zero-order valence-corrected chi connectivity index (χ0v) is 13.2. The Balaban J connectivity index is 2.40. The molecule has 0 spiro atoms. The lowest BCUT2D eigenvalue weighted by atomic mass is 10.0. The summed E-state index contributed by atoms with van der Waals surface area (Å²) < 4.78 is 10.4. The van der Waals surface area contributed by atoms with Crippen molar-refractivity contribution in [2.45, 2.75) is 19.4 Å². The van der Waals surface area contributed by atoms with Crippen LogP contribution in [0.1, 0.15) is 23.0 Å². The van der Waals surface area contributed by atoms with E-state index < -0.39 is 17.4 Å². The largest absolute Gasteiger partial charge is 0.479 e. The van der Waals surface area contributed by atoms with Crippen molar-refractivity contribution < 1.29 is 23.8 Å². The summed E-state index contributed by atoms with van der Waals surface area (Å²) in [5, 5.41) is 12.8. The molecular weight excluding hydrogens is 310 g/mol. The van der Waals surface area contributed by atoms with Crippen molar-refractivity contribution in [1.82, 2.24) is 5.32 Å². The molecule has 118 valence electrons. The number of hydrogen-bond acceptors (Lipinski definition) is 4. The first kappa shape index (κ1) is 16.3. The van der Waals surface area contributed by atoms with E-state index in [9.17, 15) is 14.7 Å². The second kappa shape index (κ2) is 5.98. The quantitative estimate of drug-likeness (QED) is 0.882. The Bertz CT molecular complexity index is 739. The van der Waals surface area contributed by atoms with E-state index in [2.05, 4.69) is 5.32 Å². The predicted octanol–water partition coefficient (Wildman–Crippen LogP) is 2.61. The second-order valence-corrected chi connectivity index (χ2v) is 5.60. The molecule has 7 heteroatoms. The number of benzene rings is 1. The molecule has 0 fully saturated rings. The number of ether oxygens (including phenoxy) is 1. The van der Waals surface area contributed by atoms with Crippen molar-refractivity contribution in [3.05, 3.63) is 34.5 Å². The van der Waals surface area contributed by atoms with Crippen LogP contribution in [0.2, 0.25) is 5.02 Å². The van der Waals surface area contributed by atoms with Gasteiger partial charge in [0, 0.05) is 18.1 Å². The first-order valence-electron chi connectivity index (χ1n) is 6.52. The van der Waals surface area contributed by atoms with E-state index in [0.717, 1.165) is 0 Å². The molecule has 0 saturated heterocycles. The lowest BCUT2D eigenvalue weighted by Crippen LogP contribution is -2.55. The average molecular weight is 326 g/mol. The van der Waals surface area contributed by atoms with Crippen LogP contribution in [0.5, 0.6) is 0 Å². The van der Waals surface area contributed by atoms with Gasteiger partial charge in [-0.05, 0) is 19.9 Å². The number of hydrogen-bond donors (Lipinski definition) is 2. The summed E-state index contributed by atoms with van der Waals surface area (Å²) in [4.78, 5) is 23.7. The average Bonchev–Trinajstić information content (AvgIpc) is 2.78. The molecule has 0 saturated carbocycles. The number of fused-ring (bicyclic) bond motifs is 1. The minimum absolute atomic E-state index is 0.0340. The number of rotatable bonds is 5. The van der Waals surface area contributed by atoms with Gasteiger partial charge in [-0.25, -0.2) is 4.79 Å². The molecule has 2 rings (SSSR count). The number of aliphatic carboxylic acids is 1. The smallest absolute Gasteiger partial charge is 0.331 e. The number of nitrogens with one attached hydrogen (secondary N) is 1. The molecule has 1 aromatic heterocycles. The van der Waals surface area contributed by atoms with Gasteiger partial charge in [-0.2, -0.15) is 0 Å². The fourth-order valence-corrected chi connectivity index (χ4v) is 2.39. The van der Waals surface area contributed by atoms with E-state index in [1.165, 1.54) is 14.0 Å². The van der Waals surface area contributed by atoms with Crippen LogP contribution in [0.15, 0.2) is 22.6 Å². The normalized spacial score (nSPS) is 13.8. The Morgan fingerprint density at radius 1 is 1.45 bits per heavy atom. The Morgan fingerprint density at radius 3 is 2.68 bits per heavy atom. The second-order valence-electron chi connectivity index (χ2n) is 5.20. The van der Waals surface area contributed by atoms with E-state index >= 15 is 0 Å². The van der Waals surface area contributed by atoms with Crippen molar-refractivity contribution >= 4 is 34.4 Å². The first-order chi connectivity index (χ1) is 10.3. The molecule has 22 heavy (non-hydrogen) atoms. The van der Waals surface area contributed by atoms with Crippen LogP contribution in [-0.2, 0) is 9.53 Å². The van der Waals surface area contributed by atoms with E-state index in [1.807, 2.05) is 0 Å². The molecule has 1 unspecified atom stereocenters. The summed E-state index contributed by atoms with van der Waals surface area (Å²) in [6.45, 7) is 2.90. The topological polar surface area (TPSA) is 88.8 Å². The van der Waals surface area contributed by atoms with Crippen LogP contribution < -0.4 is 5.32 Å². The summed E-state index contributed by atoms with van der Waals surface area (Å²) in [5.41, 5.74) is -0.558. The van der Waals surface area contributed by atoms with Gasteiger partial charge in [0.25, 0.3) is 5.91 Å². The molecule has 1 aromatic carbocycles. The molecular formula is C15H16ClNO5. The maximum absolute atomic E-state index is 12.4. The lowest BCUT2D eigenvalue weighted by Gasteiger charge is -2.24. The zero-order chi connectivity index (χ0) is 16.5. The van der Waals surface area contributed by atoms with Crippen LogP contribution in [0.4, 0.5) is 0 Å². The number of aryl methyl sites for hydroxylation is 1. The van der Waals surface area contributed by atoms with Gasteiger partial charge in [0.2, 0.25) is 0 Å². The predicted molar refractivity (Wildman–Crippen MR) is 81.3 cm³/mol. The van der Waals surface area contributed by atoms with Gasteiger partial charge in [0.05, 0.1) is 11.6 Å². The number of carbonyl (C=O) groups is 2. The third-order valence-corrected chi connectivity index (χ3v) is 3.71. The minimum Gasteiger partial charge on any atom is -0.479 e. The first-order valence-corrected chi connectivity index (χ1v) is 6.90. The molecule has 2 aromatic rings. The van der Waals surface area contributed by atoms with Crippen LogP contribution in [0.25, 0.3) is 11.0 Å². The van der Waals surface area contributed by atoms with Crippen molar-refractivity contribution in [3.63, 3.8) is 0 Å².